The van der Waals surface area contributed by atoms with Crippen LogP contribution in [0.5, 0.6) is 0 Å². The Labute approximate surface area is 134 Å². The Morgan fingerprint density at radius 2 is 1.83 bits per heavy atom. The molecule has 0 bridgehead atoms. The fourth-order valence-corrected chi connectivity index (χ4v) is 3.15. The van der Waals surface area contributed by atoms with Crippen molar-refractivity contribution < 1.29 is 18.7 Å². The lowest BCUT2D eigenvalue weighted by molar-refractivity contribution is 0.0513. The summed E-state index contributed by atoms with van der Waals surface area (Å²) in [5.74, 6) is -0.315. The molecule has 124 valence electrons. The summed E-state index contributed by atoms with van der Waals surface area (Å²) in [5.41, 5.74) is -0.425. The van der Waals surface area contributed by atoms with E-state index in [-0.39, 0.29) is 29.3 Å². The van der Waals surface area contributed by atoms with E-state index in [1.54, 1.807) is 17.0 Å². The number of fused-ring (bicyclic) bond motifs is 1. The van der Waals surface area contributed by atoms with Gasteiger partial charge in [0.05, 0.1) is 5.56 Å². The van der Waals surface area contributed by atoms with Crippen molar-refractivity contribution in [3.05, 3.63) is 35.6 Å². The smallest absolute Gasteiger partial charge is 0.407 e. The molecule has 1 aliphatic heterocycles. The molecule has 1 heterocycles. The van der Waals surface area contributed by atoms with E-state index in [0.29, 0.717) is 13.1 Å². The van der Waals surface area contributed by atoms with Crippen molar-refractivity contribution in [2.24, 2.45) is 11.8 Å². The van der Waals surface area contributed by atoms with Crippen molar-refractivity contribution >= 4 is 12.0 Å². The third-order valence-corrected chi connectivity index (χ3v) is 4.27. The highest BCUT2D eigenvalue weighted by Crippen LogP contribution is 2.46. The zero-order valence-electron chi connectivity index (χ0n) is 13.5. The van der Waals surface area contributed by atoms with Crippen LogP contribution in [0.3, 0.4) is 0 Å². The molecule has 2 amide bonds. The van der Waals surface area contributed by atoms with Gasteiger partial charge in [0.25, 0.3) is 5.91 Å². The Hall–Kier alpha value is -2.11. The van der Waals surface area contributed by atoms with E-state index < -0.39 is 17.5 Å². The number of hydrogen-bond acceptors (Lipinski definition) is 3. The van der Waals surface area contributed by atoms with Crippen LogP contribution < -0.4 is 5.32 Å². The topological polar surface area (TPSA) is 58.6 Å². The van der Waals surface area contributed by atoms with E-state index in [9.17, 15) is 14.0 Å². The van der Waals surface area contributed by atoms with Gasteiger partial charge >= 0.3 is 6.09 Å². The third kappa shape index (κ3) is 3.30. The molecule has 1 aliphatic carbocycles. The van der Waals surface area contributed by atoms with Gasteiger partial charge in [0.1, 0.15) is 11.4 Å². The molecule has 1 saturated heterocycles. The Balaban J connectivity index is 1.53. The predicted molar refractivity (Wildman–Crippen MR) is 82.4 cm³/mol. The van der Waals surface area contributed by atoms with Gasteiger partial charge in [-0.1, -0.05) is 12.1 Å². The quantitative estimate of drug-likeness (QED) is 0.910. The van der Waals surface area contributed by atoms with E-state index in [4.69, 9.17) is 4.74 Å². The highest BCUT2D eigenvalue weighted by molar-refractivity contribution is 5.94. The third-order valence-electron chi connectivity index (χ3n) is 4.27. The Bertz CT molecular complexity index is 629. The zero-order chi connectivity index (χ0) is 16.8. The number of carbonyl (C=O) groups excluding carboxylic acids is 2. The summed E-state index contributed by atoms with van der Waals surface area (Å²) in [6.45, 7) is 6.52. The maximum atomic E-state index is 13.7. The van der Waals surface area contributed by atoms with E-state index in [1.165, 1.54) is 12.1 Å². The van der Waals surface area contributed by atoms with E-state index in [2.05, 4.69) is 5.32 Å². The highest BCUT2D eigenvalue weighted by atomic mass is 19.1. The van der Waals surface area contributed by atoms with Crippen LogP contribution in [0.2, 0.25) is 0 Å². The summed E-state index contributed by atoms with van der Waals surface area (Å²) < 4.78 is 18.9. The zero-order valence-corrected chi connectivity index (χ0v) is 13.5. The maximum Gasteiger partial charge on any atom is 0.407 e. The molecular formula is C17H21FN2O3. The van der Waals surface area contributed by atoms with Crippen molar-refractivity contribution in [3.8, 4) is 0 Å². The van der Waals surface area contributed by atoms with Gasteiger partial charge in [-0.3, -0.25) is 4.79 Å². The predicted octanol–water partition coefficient (Wildman–Crippen LogP) is 2.42. The molecule has 3 atom stereocenters. The molecule has 6 heteroatoms. The van der Waals surface area contributed by atoms with Crippen LogP contribution in [0.4, 0.5) is 9.18 Å². The molecule has 2 fully saturated rings. The van der Waals surface area contributed by atoms with Crippen molar-refractivity contribution in [1.82, 2.24) is 10.2 Å². The molecule has 0 radical (unpaired) electrons. The molecule has 1 aromatic rings. The van der Waals surface area contributed by atoms with Gasteiger partial charge in [0.2, 0.25) is 0 Å². The molecule has 0 unspecified atom stereocenters. The number of rotatable bonds is 2. The van der Waals surface area contributed by atoms with Crippen molar-refractivity contribution in [3.63, 3.8) is 0 Å². The first-order chi connectivity index (χ1) is 10.8. The normalized spacial score (nSPS) is 25.7. The summed E-state index contributed by atoms with van der Waals surface area (Å²) in [6.07, 6.45) is -0.427. The van der Waals surface area contributed by atoms with Gasteiger partial charge in [0, 0.05) is 31.0 Å². The van der Waals surface area contributed by atoms with Crippen molar-refractivity contribution in [2.45, 2.75) is 32.4 Å². The maximum absolute atomic E-state index is 13.7. The molecule has 3 rings (SSSR count). The largest absolute Gasteiger partial charge is 0.444 e. The molecule has 1 aromatic carbocycles. The van der Waals surface area contributed by atoms with Gasteiger partial charge in [-0.15, -0.1) is 0 Å². The monoisotopic (exact) mass is 320 g/mol. The number of alkyl carbamates (subject to hydrolysis) is 1. The molecule has 23 heavy (non-hydrogen) atoms. The number of likely N-dealkylation sites (tertiary alicyclic amines) is 1. The van der Waals surface area contributed by atoms with Crippen LogP contribution in [0.25, 0.3) is 0 Å². The number of benzene rings is 1. The number of nitrogens with zero attached hydrogens (tertiary/aromatic N) is 1. The van der Waals surface area contributed by atoms with Gasteiger partial charge in [-0.2, -0.15) is 0 Å². The van der Waals surface area contributed by atoms with Gasteiger partial charge in [-0.05, 0) is 32.9 Å². The lowest BCUT2D eigenvalue weighted by atomic mass is 10.2. The number of hydrogen-bond donors (Lipinski definition) is 1. The first-order valence-corrected chi connectivity index (χ1v) is 7.79. The minimum absolute atomic E-state index is 0.0505. The number of ether oxygens (including phenoxy) is 1. The van der Waals surface area contributed by atoms with Crippen LogP contribution in [0.1, 0.15) is 31.1 Å². The van der Waals surface area contributed by atoms with Gasteiger partial charge in [-0.25, -0.2) is 9.18 Å². The summed E-state index contributed by atoms with van der Waals surface area (Å²) in [7, 11) is 0. The molecule has 0 spiro atoms. The fourth-order valence-electron chi connectivity index (χ4n) is 3.15. The Morgan fingerprint density at radius 1 is 1.22 bits per heavy atom. The average molecular weight is 320 g/mol. The fraction of sp³-hybridized carbons (Fsp3) is 0.529. The van der Waals surface area contributed by atoms with E-state index in [0.717, 1.165) is 0 Å². The highest BCUT2D eigenvalue weighted by Gasteiger charge is 2.57. The minimum Gasteiger partial charge on any atom is -0.444 e. The lowest BCUT2D eigenvalue weighted by Crippen LogP contribution is -2.39. The van der Waals surface area contributed by atoms with Gasteiger partial charge in [0.15, 0.2) is 0 Å². The Morgan fingerprint density at radius 3 is 2.39 bits per heavy atom. The average Bonchev–Trinajstić information content (AvgIpc) is 2.90. The van der Waals surface area contributed by atoms with Crippen molar-refractivity contribution in [1.29, 1.82) is 0 Å². The van der Waals surface area contributed by atoms with Gasteiger partial charge < -0.3 is 15.0 Å². The second-order valence-corrected chi connectivity index (χ2v) is 7.19. The number of nitrogens with one attached hydrogen (secondary N) is 1. The molecule has 1 saturated carbocycles. The van der Waals surface area contributed by atoms with Crippen LogP contribution in [0, 0.1) is 17.7 Å². The first kappa shape index (κ1) is 15.8. The van der Waals surface area contributed by atoms with E-state index in [1.807, 2.05) is 20.8 Å². The molecular weight excluding hydrogens is 299 g/mol. The van der Waals surface area contributed by atoms with Crippen LogP contribution in [-0.4, -0.2) is 41.6 Å². The number of halogens is 1. The summed E-state index contributed by atoms with van der Waals surface area (Å²) in [6, 6.07) is 6.05. The second kappa shape index (κ2) is 5.51. The molecule has 0 aromatic heterocycles. The van der Waals surface area contributed by atoms with Crippen LogP contribution in [-0.2, 0) is 4.74 Å². The number of piperidine rings is 1. The summed E-state index contributed by atoms with van der Waals surface area (Å²) in [4.78, 5) is 25.7. The summed E-state index contributed by atoms with van der Waals surface area (Å²) in [5, 5.41) is 2.85. The molecule has 2 aliphatic rings. The van der Waals surface area contributed by atoms with Crippen LogP contribution >= 0.6 is 0 Å². The minimum atomic E-state index is -0.527. The SMILES string of the molecule is CC(C)(C)OC(=O)N[C@H]1[C@@H]2CN(C(=O)c3ccccc3F)C[C@@H]21. The van der Waals surface area contributed by atoms with Crippen molar-refractivity contribution in [2.75, 3.05) is 13.1 Å². The number of carbonyl (C=O) groups is 2. The van der Waals surface area contributed by atoms with Crippen LogP contribution in [0.15, 0.2) is 24.3 Å². The second-order valence-electron chi connectivity index (χ2n) is 7.19. The number of amides is 2. The lowest BCUT2D eigenvalue weighted by Gasteiger charge is -2.22. The molecule has 5 nitrogen and oxygen atoms in total. The van der Waals surface area contributed by atoms with E-state index >= 15 is 0 Å². The standard InChI is InChI=1S/C17H21FN2O3/c1-17(2,3)23-16(22)19-14-11-8-20(9-12(11)14)15(21)10-6-4-5-7-13(10)18/h4-7,11-12,14H,8-9H2,1-3H3,(H,19,22)/t11-,12+,14+. The molecule has 1 N–H and O–H groups in total. The first-order valence-electron chi connectivity index (χ1n) is 7.79. The Kier molecular flexibility index (Phi) is 3.78. The summed E-state index contributed by atoms with van der Waals surface area (Å²) >= 11 is 0.